The molecule has 0 saturated heterocycles. The van der Waals surface area contributed by atoms with Gasteiger partial charge in [0.2, 0.25) is 0 Å². The molecule has 0 aliphatic carbocycles. The molecule has 0 fully saturated rings. The number of amides is 1. The summed E-state index contributed by atoms with van der Waals surface area (Å²) >= 11 is 1.27. The Labute approximate surface area is 224 Å². The van der Waals surface area contributed by atoms with Crippen molar-refractivity contribution in [2.45, 2.75) is 4.90 Å². The molecule has 9 heteroatoms. The van der Waals surface area contributed by atoms with E-state index in [1.165, 1.54) is 30.1 Å². The van der Waals surface area contributed by atoms with Crippen molar-refractivity contribution in [3.05, 3.63) is 102 Å². The van der Waals surface area contributed by atoms with Crippen LogP contribution < -0.4 is 24.8 Å². The Balaban J connectivity index is 1.35. The second-order valence-corrected chi connectivity index (χ2v) is 9.01. The maximum absolute atomic E-state index is 14.3. The van der Waals surface area contributed by atoms with E-state index in [0.29, 0.717) is 40.6 Å². The molecule has 6 nitrogen and oxygen atoms in total. The highest BCUT2D eigenvalue weighted by atomic mass is 32.2. The zero-order chi connectivity index (χ0) is 26.9. The highest BCUT2D eigenvalue weighted by Gasteiger charge is 2.14. The Hall–Kier alpha value is -4.24. The Morgan fingerprint density at radius 3 is 2.32 bits per heavy atom. The van der Waals surface area contributed by atoms with E-state index in [1.54, 1.807) is 56.7 Å². The molecule has 0 saturated carbocycles. The first kappa shape index (κ1) is 26.8. The van der Waals surface area contributed by atoms with Crippen molar-refractivity contribution in [1.82, 2.24) is 5.32 Å². The standard InChI is InChI=1S/C29H27F2N3O3S/c1-36-23-9-3-6-20(16-23)29(35)33-15-14-32-21-7-4-8-22(18-21)34-38-27-17-19(12-13-26(27)37-2)28-24(30)10-5-11-25(28)31/h3-13,16-18,32,34H,14-15H2,1-2H3,(H,33,35). The number of nitrogens with one attached hydrogen (secondary N) is 3. The average Bonchev–Trinajstić information content (AvgIpc) is 2.94. The minimum atomic E-state index is -0.627. The molecule has 0 spiro atoms. The summed E-state index contributed by atoms with van der Waals surface area (Å²) in [7, 11) is 3.10. The lowest BCUT2D eigenvalue weighted by Gasteiger charge is -2.13. The minimum absolute atomic E-state index is 0.0818. The first-order valence-electron chi connectivity index (χ1n) is 11.8. The zero-order valence-corrected chi connectivity index (χ0v) is 21.7. The number of hydrogen-bond donors (Lipinski definition) is 3. The lowest BCUT2D eigenvalue weighted by Crippen LogP contribution is -2.28. The Morgan fingerprint density at radius 2 is 1.55 bits per heavy atom. The lowest BCUT2D eigenvalue weighted by atomic mass is 10.0. The summed E-state index contributed by atoms with van der Waals surface area (Å²) in [5.41, 5.74) is 2.54. The van der Waals surface area contributed by atoms with Crippen LogP contribution in [0.2, 0.25) is 0 Å². The number of carbonyl (C=O) groups excluding carboxylic acids is 1. The maximum atomic E-state index is 14.3. The van der Waals surface area contributed by atoms with Crippen LogP contribution in [0.5, 0.6) is 11.5 Å². The predicted molar refractivity (Wildman–Crippen MR) is 148 cm³/mol. The van der Waals surface area contributed by atoms with E-state index in [4.69, 9.17) is 9.47 Å². The molecule has 4 aromatic rings. The molecule has 38 heavy (non-hydrogen) atoms. The summed E-state index contributed by atoms with van der Waals surface area (Å²) in [6, 6.07) is 23.4. The first-order chi connectivity index (χ1) is 18.5. The smallest absolute Gasteiger partial charge is 0.251 e. The highest BCUT2D eigenvalue weighted by molar-refractivity contribution is 8.00. The third-order valence-corrected chi connectivity index (χ3v) is 6.50. The van der Waals surface area contributed by atoms with Gasteiger partial charge in [0, 0.05) is 30.0 Å². The van der Waals surface area contributed by atoms with Crippen LogP contribution >= 0.6 is 11.9 Å². The van der Waals surface area contributed by atoms with E-state index < -0.39 is 11.6 Å². The average molecular weight is 536 g/mol. The van der Waals surface area contributed by atoms with Crippen LogP contribution in [0, 0.1) is 11.6 Å². The summed E-state index contributed by atoms with van der Waals surface area (Å²) in [6.07, 6.45) is 0. The van der Waals surface area contributed by atoms with Gasteiger partial charge in [-0.2, -0.15) is 0 Å². The predicted octanol–water partition coefficient (Wildman–Crippen LogP) is 6.61. The molecule has 4 rings (SSSR count). The molecule has 0 bridgehead atoms. The number of ether oxygens (including phenoxy) is 2. The monoisotopic (exact) mass is 535 g/mol. The maximum Gasteiger partial charge on any atom is 0.251 e. The normalized spacial score (nSPS) is 10.5. The summed E-state index contributed by atoms with van der Waals surface area (Å²) in [4.78, 5) is 13.0. The molecule has 4 aromatic carbocycles. The molecule has 3 N–H and O–H groups in total. The number of halogens is 2. The fourth-order valence-corrected chi connectivity index (χ4v) is 4.53. The van der Waals surface area contributed by atoms with Crippen LogP contribution in [0.4, 0.5) is 20.2 Å². The molecule has 0 unspecified atom stereocenters. The number of methoxy groups -OCH3 is 2. The second-order valence-electron chi connectivity index (χ2n) is 8.16. The fourth-order valence-electron chi connectivity index (χ4n) is 3.74. The number of anilines is 2. The van der Waals surface area contributed by atoms with Gasteiger partial charge < -0.3 is 24.8 Å². The van der Waals surface area contributed by atoms with Crippen molar-refractivity contribution in [2.24, 2.45) is 0 Å². The van der Waals surface area contributed by atoms with Gasteiger partial charge >= 0.3 is 0 Å². The topological polar surface area (TPSA) is 71.6 Å². The van der Waals surface area contributed by atoms with Crippen molar-refractivity contribution in [2.75, 3.05) is 37.3 Å². The summed E-state index contributed by atoms with van der Waals surface area (Å²) in [5.74, 6) is -0.232. The Bertz CT molecular complexity index is 1400. The van der Waals surface area contributed by atoms with Gasteiger partial charge in [0.15, 0.2) is 0 Å². The highest BCUT2D eigenvalue weighted by Crippen LogP contribution is 2.36. The number of hydrogen-bond acceptors (Lipinski definition) is 6. The van der Waals surface area contributed by atoms with Crippen molar-refractivity contribution in [1.29, 1.82) is 0 Å². The van der Waals surface area contributed by atoms with E-state index in [1.807, 2.05) is 24.3 Å². The van der Waals surface area contributed by atoms with Gasteiger partial charge in [-0.1, -0.05) is 24.3 Å². The van der Waals surface area contributed by atoms with Gasteiger partial charge in [0.1, 0.15) is 23.1 Å². The molecule has 0 aromatic heterocycles. The molecular weight excluding hydrogens is 508 g/mol. The van der Waals surface area contributed by atoms with Crippen LogP contribution in [0.15, 0.2) is 89.8 Å². The van der Waals surface area contributed by atoms with Gasteiger partial charge in [-0.3, -0.25) is 4.79 Å². The molecule has 0 radical (unpaired) electrons. The van der Waals surface area contributed by atoms with Crippen molar-refractivity contribution >= 4 is 29.2 Å². The molecule has 0 aliphatic heterocycles. The minimum Gasteiger partial charge on any atom is -0.497 e. The number of carbonyl (C=O) groups is 1. The summed E-state index contributed by atoms with van der Waals surface area (Å²) < 4.78 is 42.5. The molecule has 0 heterocycles. The zero-order valence-electron chi connectivity index (χ0n) is 20.9. The Kier molecular flexibility index (Phi) is 9.05. The quantitative estimate of drug-likeness (QED) is 0.148. The van der Waals surface area contributed by atoms with Crippen molar-refractivity contribution < 1.29 is 23.0 Å². The van der Waals surface area contributed by atoms with Gasteiger partial charge in [-0.25, -0.2) is 8.78 Å². The van der Waals surface area contributed by atoms with Gasteiger partial charge in [-0.15, -0.1) is 0 Å². The fraction of sp³-hybridized carbons (Fsp3) is 0.138. The second kappa shape index (κ2) is 12.8. The van der Waals surface area contributed by atoms with Gasteiger partial charge in [0.25, 0.3) is 5.91 Å². The number of benzene rings is 4. The lowest BCUT2D eigenvalue weighted by molar-refractivity contribution is 0.0955. The number of rotatable bonds is 11. The molecular formula is C29H27F2N3O3S. The third-order valence-electron chi connectivity index (χ3n) is 5.63. The third kappa shape index (κ3) is 6.74. The van der Waals surface area contributed by atoms with E-state index in [2.05, 4.69) is 15.4 Å². The summed E-state index contributed by atoms with van der Waals surface area (Å²) in [6.45, 7) is 0.954. The van der Waals surface area contributed by atoms with Crippen LogP contribution in [0.1, 0.15) is 10.4 Å². The molecule has 1 amide bonds. The van der Waals surface area contributed by atoms with Crippen molar-refractivity contribution in [3.63, 3.8) is 0 Å². The van der Waals surface area contributed by atoms with Gasteiger partial charge in [0.05, 0.1) is 24.7 Å². The molecule has 196 valence electrons. The van der Waals surface area contributed by atoms with E-state index in [9.17, 15) is 13.6 Å². The SMILES string of the molecule is COc1cccc(C(=O)NCCNc2cccc(NSc3cc(-c4c(F)cccc4F)ccc3OC)c2)c1. The Morgan fingerprint density at radius 1 is 0.816 bits per heavy atom. The van der Waals surface area contributed by atoms with Gasteiger partial charge in [-0.05, 0) is 78.2 Å². The van der Waals surface area contributed by atoms with E-state index >= 15 is 0 Å². The van der Waals surface area contributed by atoms with E-state index in [0.717, 1.165) is 11.4 Å². The largest absolute Gasteiger partial charge is 0.497 e. The van der Waals surface area contributed by atoms with Crippen LogP contribution in [-0.4, -0.2) is 33.2 Å². The van der Waals surface area contributed by atoms with Crippen molar-refractivity contribution in [3.8, 4) is 22.6 Å². The molecule has 0 aliphatic rings. The van der Waals surface area contributed by atoms with E-state index in [-0.39, 0.29) is 11.5 Å². The van der Waals surface area contributed by atoms with Crippen LogP contribution in [0.25, 0.3) is 11.1 Å². The summed E-state index contributed by atoms with van der Waals surface area (Å²) in [5, 5.41) is 6.16. The first-order valence-corrected chi connectivity index (χ1v) is 12.6. The van der Waals surface area contributed by atoms with Crippen LogP contribution in [-0.2, 0) is 0 Å². The molecule has 0 atom stereocenters. The van der Waals surface area contributed by atoms with Crippen LogP contribution in [0.3, 0.4) is 0 Å².